The molecule has 1 saturated heterocycles. The minimum absolute atomic E-state index is 0.139. The second-order valence-electron chi connectivity index (χ2n) is 7.64. The van der Waals surface area contributed by atoms with Crippen LogP contribution in [0.5, 0.6) is 5.75 Å². The van der Waals surface area contributed by atoms with E-state index in [-0.39, 0.29) is 36.2 Å². The number of nitrogens with zero attached hydrogens (tertiary/aromatic N) is 1. The van der Waals surface area contributed by atoms with Crippen LogP contribution in [0.4, 0.5) is 0 Å². The predicted octanol–water partition coefficient (Wildman–Crippen LogP) is 1.92. The minimum atomic E-state index is -3.62. The largest absolute Gasteiger partial charge is 0.496 e. The number of benzene rings is 2. The Kier molecular flexibility index (Phi) is 8.24. The molecule has 0 aliphatic carbocycles. The molecule has 0 spiro atoms. The highest BCUT2D eigenvalue weighted by molar-refractivity contribution is 7.89. The topological polar surface area (TPSA) is 105 Å². The lowest BCUT2D eigenvalue weighted by molar-refractivity contribution is -0.126. The number of ether oxygens (including phenoxy) is 1. The summed E-state index contributed by atoms with van der Waals surface area (Å²) < 4.78 is 32.3. The third kappa shape index (κ3) is 6.08. The summed E-state index contributed by atoms with van der Waals surface area (Å²) in [5.74, 6) is -0.143. The van der Waals surface area contributed by atoms with E-state index < -0.39 is 15.9 Å². The lowest BCUT2D eigenvalue weighted by atomic mass is 9.99. The van der Waals surface area contributed by atoms with Crippen LogP contribution in [0, 0.1) is 5.92 Å². The molecule has 1 aliphatic rings. The van der Waals surface area contributed by atoms with E-state index in [2.05, 4.69) is 10.6 Å². The van der Waals surface area contributed by atoms with Gasteiger partial charge in [-0.1, -0.05) is 36.4 Å². The number of sulfonamides is 1. The molecule has 3 rings (SSSR count). The maximum atomic E-state index is 12.8. The number of carbonyl (C=O) groups is 2. The zero-order chi connectivity index (χ0) is 23.0. The molecule has 8 nitrogen and oxygen atoms in total. The summed E-state index contributed by atoms with van der Waals surface area (Å²) >= 11 is 0. The first-order valence-corrected chi connectivity index (χ1v) is 12.1. The Morgan fingerprint density at radius 1 is 1.06 bits per heavy atom. The molecule has 2 aromatic carbocycles. The number of amides is 2. The van der Waals surface area contributed by atoms with Gasteiger partial charge in [0.15, 0.2) is 0 Å². The molecular weight excluding hydrogens is 430 g/mol. The van der Waals surface area contributed by atoms with Crippen LogP contribution in [0.2, 0.25) is 0 Å². The van der Waals surface area contributed by atoms with Gasteiger partial charge >= 0.3 is 0 Å². The molecule has 0 bridgehead atoms. The summed E-state index contributed by atoms with van der Waals surface area (Å²) in [5, 5.41) is 5.58. The van der Waals surface area contributed by atoms with Crippen molar-refractivity contribution in [2.75, 3.05) is 26.7 Å². The van der Waals surface area contributed by atoms with Gasteiger partial charge in [-0.3, -0.25) is 9.59 Å². The predicted molar refractivity (Wildman–Crippen MR) is 120 cm³/mol. The lowest BCUT2D eigenvalue weighted by Crippen LogP contribution is -2.45. The van der Waals surface area contributed by atoms with Gasteiger partial charge in [0.05, 0.1) is 17.9 Å². The quantitative estimate of drug-likeness (QED) is 0.596. The van der Waals surface area contributed by atoms with Gasteiger partial charge in [0.1, 0.15) is 5.75 Å². The smallest absolute Gasteiger partial charge is 0.243 e. The van der Waals surface area contributed by atoms with Crippen LogP contribution in [-0.2, 0) is 26.2 Å². The molecule has 0 aromatic heterocycles. The third-order valence-corrected chi connectivity index (χ3v) is 7.34. The van der Waals surface area contributed by atoms with E-state index in [4.69, 9.17) is 4.74 Å². The van der Waals surface area contributed by atoms with Gasteiger partial charge in [0.2, 0.25) is 21.8 Å². The Bertz CT molecular complexity index is 1030. The summed E-state index contributed by atoms with van der Waals surface area (Å²) in [6.45, 7) is 1.07. The monoisotopic (exact) mass is 459 g/mol. The first-order chi connectivity index (χ1) is 15.4. The maximum Gasteiger partial charge on any atom is 0.243 e. The van der Waals surface area contributed by atoms with Gasteiger partial charge in [0, 0.05) is 38.2 Å². The molecule has 2 amide bonds. The summed E-state index contributed by atoms with van der Waals surface area (Å²) in [6.07, 6.45) is 1.37. The maximum absolute atomic E-state index is 12.8. The highest BCUT2D eigenvalue weighted by atomic mass is 32.2. The molecule has 2 N–H and O–H groups in total. The lowest BCUT2D eigenvalue weighted by Gasteiger charge is -2.31. The summed E-state index contributed by atoms with van der Waals surface area (Å²) in [7, 11) is -2.05. The molecule has 1 heterocycles. The number of nitrogens with one attached hydrogen (secondary N) is 2. The summed E-state index contributed by atoms with van der Waals surface area (Å²) in [6, 6.07) is 15.7. The van der Waals surface area contributed by atoms with Crippen molar-refractivity contribution in [1.82, 2.24) is 14.9 Å². The van der Waals surface area contributed by atoms with E-state index in [1.54, 1.807) is 37.4 Å². The number of hydrogen-bond donors (Lipinski definition) is 2. The first-order valence-electron chi connectivity index (χ1n) is 10.6. The molecule has 0 radical (unpaired) electrons. The van der Waals surface area contributed by atoms with Gasteiger partial charge in [-0.15, -0.1) is 0 Å². The second-order valence-corrected chi connectivity index (χ2v) is 9.58. The van der Waals surface area contributed by atoms with Crippen LogP contribution in [-0.4, -0.2) is 51.3 Å². The number of methoxy groups -OCH3 is 1. The van der Waals surface area contributed by atoms with E-state index in [0.717, 1.165) is 5.56 Å². The Hall–Kier alpha value is -2.91. The zero-order valence-electron chi connectivity index (χ0n) is 18.1. The average molecular weight is 460 g/mol. The Labute approximate surface area is 189 Å². The van der Waals surface area contributed by atoms with Gasteiger partial charge in [-0.2, -0.15) is 4.31 Å². The Balaban J connectivity index is 1.45. The summed E-state index contributed by atoms with van der Waals surface area (Å²) in [5.41, 5.74) is 0.870. The number of hydrogen-bond acceptors (Lipinski definition) is 5. The van der Waals surface area contributed by atoms with Crippen molar-refractivity contribution >= 4 is 21.8 Å². The fourth-order valence-corrected chi connectivity index (χ4v) is 5.24. The number of rotatable bonds is 9. The van der Waals surface area contributed by atoms with Crippen LogP contribution in [0.3, 0.4) is 0 Å². The molecule has 1 aliphatic heterocycles. The first kappa shape index (κ1) is 23.7. The fourth-order valence-electron chi connectivity index (χ4n) is 3.69. The number of piperidine rings is 1. The van der Waals surface area contributed by atoms with Crippen molar-refractivity contribution in [2.45, 2.75) is 30.7 Å². The highest BCUT2D eigenvalue weighted by Crippen LogP contribution is 2.23. The third-order valence-electron chi connectivity index (χ3n) is 5.46. The molecule has 2 aromatic rings. The van der Waals surface area contributed by atoms with Gasteiger partial charge < -0.3 is 15.4 Å². The van der Waals surface area contributed by atoms with Crippen LogP contribution < -0.4 is 15.4 Å². The molecule has 0 saturated carbocycles. The van der Waals surface area contributed by atoms with E-state index >= 15 is 0 Å². The van der Waals surface area contributed by atoms with Gasteiger partial charge in [0.25, 0.3) is 0 Å². The molecule has 9 heteroatoms. The standard InChI is InChI=1S/C23H29N3O5S/c1-31-21-12-6-5-8-18(21)16-25-22(27)13-14-24-23(28)19-9-7-15-26(17-19)32(29,30)20-10-3-2-4-11-20/h2-6,8,10-12,19H,7,9,13-17H2,1H3,(H,24,28)(H,25,27). The highest BCUT2D eigenvalue weighted by Gasteiger charge is 2.33. The molecule has 1 unspecified atom stereocenters. The molecule has 1 fully saturated rings. The average Bonchev–Trinajstić information content (AvgIpc) is 2.83. The van der Waals surface area contributed by atoms with E-state index in [1.165, 1.54) is 4.31 Å². The Morgan fingerprint density at radius 3 is 2.53 bits per heavy atom. The molecule has 1 atom stereocenters. The number of para-hydroxylation sites is 1. The SMILES string of the molecule is COc1ccccc1CNC(=O)CCNC(=O)C1CCCN(S(=O)(=O)c2ccccc2)C1. The van der Waals surface area contributed by atoms with Gasteiger partial charge in [-0.05, 0) is 31.0 Å². The van der Waals surface area contributed by atoms with E-state index in [1.807, 2.05) is 24.3 Å². The molecular formula is C23H29N3O5S. The van der Waals surface area contributed by atoms with Crippen molar-refractivity contribution in [3.63, 3.8) is 0 Å². The van der Waals surface area contributed by atoms with Crippen LogP contribution in [0.15, 0.2) is 59.5 Å². The van der Waals surface area contributed by atoms with E-state index in [0.29, 0.717) is 31.7 Å². The van der Waals surface area contributed by atoms with Crippen molar-refractivity contribution in [3.8, 4) is 5.75 Å². The molecule has 172 valence electrons. The van der Waals surface area contributed by atoms with Crippen molar-refractivity contribution in [1.29, 1.82) is 0 Å². The minimum Gasteiger partial charge on any atom is -0.496 e. The summed E-state index contributed by atoms with van der Waals surface area (Å²) in [4.78, 5) is 24.9. The molecule has 32 heavy (non-hydrogen) atoms. The number of carbonyl (C=O) groups excluding carboxylic acids is 2. The fraction of sp³-hybridized carbons (Fsp3) is 0.391. The normalized spacial score (nSPS) is 16.8. The zero-order valence-corrected chi connectivity index (χ0v) is 18.9. The van der Waals surface area contributed by atoms with Crippen LogP contribution in [0.1, 0.15) is 24.8 Å². The van der Waals surface area contributed by atoms with Crippen LogP contribution in [0.25, 0.3) is 0 Å². The van der Waals surface area contributed by atoms with Gasteiger partial charge in [-0.25, -0.2) is 8.42 Å². The Morgan fingerprint density at radius 2 is 1.78 bits per heavy atom. The second kappa shape index (κ2) is 11.1. The van der Waals surface area contributed by atoms with E-state index in [9.17, 15) is 18.0 Å². The van der Waals surface area contributed by atoms with Crippen molar-refractivity contribution in [2.24, 2.45) is 5.92 Å². The van der Waals surface area contributed by atoms with Crippen molar-refractivity contribution < 1.29 is 22.7 Å². The van der Waals surface area contributed by atoms with Crippen molar-refractivity contribution in [3.05, 3.63) is 60.2 Å². The van der Waals surface area contributed by atoms with Crippen LogP contribution >= 0.6 is 0 Å².